The van der Waals surface area contributed by atoms with E-state index in [1.54, 1.807) is 4.90 Å². The molecule has 3 heterocycles. The van der Waals surface area contributed by atoms with Crippen molar-refractivity contribution in [1.29, 1.82) is 0 Å². The van der Waals surface area contributed by atoms with Gasteiger partial charge in [-0.25, -0.2) is 0 Å². The van der Waals surface area contributed by atoms with Gasteiger partial charge in [-0.2, -0.15) is 0 Å². The van der Waals surface area contributed by atoms with Gasteiger partial charge in [-0.05, 0) is 0 Å². The summed E-state index contributed by atoms with van der Waals surface area (Å²) in [5.74, 6) is 0. The van der Waals surface area contributed by atoms with Gasteiger partial charge in [0.05, 0.1) is 0 Å². The lowest BCUT2D eigenvalue weighted by molar-refractivity contribution is -1.07. The lowest BCUT2D eigenvalue weighted by Gasteiger charge is -2.46. The first-order valence-corrected chi connectivity index (χ1v) is 4.63. The van der Waals surface area contributed by atoms with Gasteiger partial charge in [0.25, 0.3) is 0 Å². The molecule has 0 aromatic carbocycles. The molecule has 0 radical (unpaired) electrons. The molecular formula is C7H15ClN2+2. The van der Waals surface area contributed by atoms with Crippen molar-refractivity contribution in [3.8, 4) is 0 Å². The zero-order valence-electron chi connectivity index (χ0n) is 6.27. The Morgan fingerprint density at radius 3 is 1.90 bits per heavy atom. The van der Waals surface area contributed by atoms with Gasteiger partial charge >= 0.3 is 0 Å². The Hall–Kier alpha value is 0.210. The van der Waals surface area contributed by atoms with Crippen molar-refractivity contribution >= 4 is 11.6 Å². The molecule has 0 spiro atoms. The van der Waals surface area contributed by atoms with Crippen LogP contribution in [0.1, 0.15) is 0 Å². The molecule has 0 aromatic rings. The third-order valence-corrected chi connectivity index (χ3v) is 3.58. The van der Waals surface area contributed by atoms with Crippen LogP contribution < -0.4 is 4.90 Å². The van der Waals surface area contributed by atoms with Crippen LogP contribution in [-0.4, -0.2) is 49.8 Å². The normalized spacial score (nSPS) is 45.9. The van der Waals surface area contributed by atoms with Crippen molar-refractivity contribution in [2.75, 3.05) is 45.3 Å². The third-order valence-electron chi connectivity index (χ3n) is 3.07. The molecule has 10 heavy (non-hydrogen) atoms. The molecule has 3 heteroatoms. The second-order valence-electron chi connectivity index (χ2n) is 3.63. The highest BCUT2D eigenvalue weighted by Crippen LogP contribution is 2.10. The highest BCUT2D eigenvalue weighted by molar-refractivity contribution is 6.16. The summed E-state index contributed by atoms with van der Waals surface area (Å²) < 4.78 is 1.20. The molecule has 2 bridgehead atoms. The summed E-state index contributed by atoms with van der Waals surface area (Å²) in [6, 6.07) is 0.841. The number of nitrogens with zero attached hydrogens (tertiary/aromatic N) is 1. The molecule has 58 valence electrons. The Kier molecular flexibility index (Phi) is 1.63. The maximum Gasteiger partial charge on any atom is 0.155 e. The first-order chi connectivity index (χ1) is 4.85. The minimum absolute atomic E-state index is 0.841. The van der Waals surface area contributed by atoms with Crippen LogP contribution in [-0.2, 0) is 0 Å². The Morgan fingerprint density at radius 2 is 1.60 bits per heavy atom. The SMILES string of the molecule is ClC[N+]12CC[NH+](CC1)CC2. The van der Waals surface area contributed by atoms with Crippen molar-refractivity contribution in [3.05, 3.63) is 0 Å². The molecule has 3 saturated heterocycles. The van der Waals surface area contributed by atoms with Crippen molar-refractivity contribution < 1.29 is 9.38 Å². The lowest BCUT2D eigenvalue weighted by atomic mass is 10.2. The fourth-order valence-corrected chi connectivity index (χ4v) is 2.43. The van der Waals surface area contributed by atoms with Crippen LogP contribution in [0.15, 0.2) is 0 Å². The zero-order chi connectivity index (χ0) is 7.03. The maximum atomic E-state index is 5.92. The van der Waals surface area contributed by atoms with Gasteiger partial charge in [0.2, 0.25) is 0 Å². The standard InChI is InChI=1S/C7H14ClN2/c8-7-10-4-1-9(2-5-10)3-6-10/h1-7H2/q+1/p+1. The minimum atomic E-state index is 0.841. The van der Waals surface area contributed by atoms with Crippen molar-refractivity contribution in [1.82, 2.24) is 0 Å². The van der Waals surface area contributed by atoms with Gasteiger partial charge in [-0.1, -0.05) is 11.6 Å². The molecule has 0 aromatic heterocycles. The predicted octanol–water partition coefficient (Wildman–Crippen LogP) is -1.09. The number of fused-ring (bicyclic) bond motifs is 3. The zero-order valence-corrected chi connectivity index (χ0v) is 7.03. The van der Waals surface area contributed by atoms with Gasteiger partial charge in [-0.15, -0.1) is 0 Å². The van der Waals surface area contributed by atoms with Crippen LogP contribution in [0.25, 0.3) is 0 Å². The van der Waals surface area contributed by atoms with Crippen molar-refractivity contribution in [2.45, 2.75) is 0 Å². The molecule has 0 atom stereocenters. The van der Waals surface area contributed by atoms with Gasteiger partial charge in [0.15, 0.2) is 6.00 Å². The molecule has 0 amide bonds. The van der Waals surface area contributed by atoms with E-state index in [9.17, 15) is 0 Å². The van der Waals surface area contributed by atoms with Gasteiger partial charge < -0.3 is 4.90 Å². The predicted molar refractivity (Wildman–Crippen MR) is 41.1 cm³/mol. The van der Waals surface area contributed by atoms with Crippen molar-refractivity contribution in [3.63, 3.8) is 0 Å². The Balaban J connectivity index is 2.08. The van der Waals surface area contributed by atoms with Gasteiger partial charge in [-0.3, -0.25) is 4.48 Å². The average molecular weight is 163 g/mol. The maximum absolute atomic E-state index is 5.92. The monoisotopic (exact) mass is 162 g/mol. The Labute approximate surface area is 67.0 Å². The molecule has 0 unspecified atom stereocenters. The van der Waals surface area contributed by atoms with Crippen molar-refractivity contribution in [2.24, 2.45) is 0 Å². The number of alkyl halides is 1. The molecule has 3 aliphatic heterocycles. The molecule has 3 aliphatic rings. The average Bonchev–Trinajstić information content (AvgIpc) is 2.08. The molecule has 2 nitrogen and oxygen atoms in total. The topological polar surface area (TPSA) is 4.44 Å². The van der Waals surface area contributed by atoms with E-state index in [-0.39, 0.29) is 0 Å². The Bertz CT molecular complexity index is 116. The quantitative estimate of drug-likeness (QED) is 0.284. The first kappa shape index (κ1) is 6.89. The summed E-state index contributed by atoms with van der Waals surface area (Å²) in [6.07, 6.45) is 0. The minimum Gasteiger partial charge on any atom is -0.321 e. The van der Waals surface area contributed by atoms with E-state index < -0.39 is 0 Å². The molecule has 0 aliphatic carbocycles. The van der Waals surface area contributed by atoms with Crippen LogP contribution in [0, 0.1) is 0 Å². The molecule has 0 saturated carbocycles. The molecule has 1 N–H and O–H groups in total. The van der Waals surface area contributed by atoms with E-state index in [0.29, 0.717) is 0 Å². The smallest absolute Gasteiger partial charge is 0.155 e. The Morgan fingerprint density at radius 1 is 1.10 bits per heavy atom. The summed E-state index contributed by atoms with van der Waals surface area (Å²) >= 11 is 5.92. The van der Waals surface area contributed by atoms with E-state index in [4.69, 9.17) is 11.6 Å². The van der Waals surface area contributed by atoms with E-state index in [0.717, 1.165) is 6.00 Å². The summed E-state index contributed by atoms with van der Waals surface area (Å²) in [7, 11) is 0. The summed E-state index contributed by atoms with van der Waals surface area (Å²) in [5.41, 5.74) is 0. The van der Waals surface area contributed by atoms with Crippen LogP contribution in [0.3, 0.4) is 0 Å². The van der Waals surface area contributed by atoms with Crippen LogP contribution in [0.4, 0.5) is 0 Å². The highest BCUT2D eigenvalue weighted by atomic mass is 35.5. The van der Waals surface area contributed by atoms with Gasteiger partial charge in [0.1, 0.15) is 39.3 Å². The van der Waals surface area contributed by atoms with Gasteiger partial charge in [0, 0.05) is 0 Å². The number of halogens is 1. The van der Waals surface area contributed by atoms with Crippen LogP contribution in [0.5, 0.6) is 0 Å². The first-order valence-electron chi connectivity index (χ1n) is 4.09. The summed E-state index contributed by atoms with van der Waals surface area (Å²) in [6.45, 7) is 8.02. The number of nitrogens with one attached hydrogen (secondary N) is 1. The highest BCUT2D eigenvalue weighted by Gasteiger charge is 2.40. The largest absolute Gasteiger partial charge is 0.321 e. The second-order valence-corrected chi connectivity index (χ2v) is 3.87. The third kappa shape index (κ3) is 0.949. The second kappa shape index (κ2) is 2.36. The van der Waals surface area contributed by atoms with Crippen LogP contribution >= 0.6 is 11.6 Å². The number of quaternary nitrogens is 2. The fourth-order valence-electron chi connectivity index (χ4n) is 2.08. The molecule has 3 fully saturated rings. The van der Waals surface area contributed by atoms with E-state index >= 15 is 0 Å². The molecule has 3 rings (SSSR count). The van der Waals surface area contributed by atoms with E-state index in [1.807, 2.05) is 0 Å². The summed E-state index contributed by atoms with van der Waals surface area (Å²) in [5, 5.41) is 0. The van der Waals surface area contributed by atoms with E-state index in [1.165, 1.54) is 43.8 Å². The number of hydrogen-bond donors (Lipinski definition) is 1. The van der Waals surface area contributed by atoms with E-state index in [2.05, 4.69) is 0 Å². The fraction of sp³-hybridized carbons (Fsp3) is 1.00. The number of rotatable bonds is 1. The number of piperazine rings is 3. The summed E-state index contributed by atoms with van der Waals surface area (Å²) in [4.78, 5) is 1.80. The van der Waals surface area contributed by atoms with Crippen LogP contribution in [0.2, 0.25) is 0 Å². The number of hydrogen-bond acceptors (Lipinski definition) is 0. The lowest BCUT2D eigenvalue weighted by Crippen LogP contribution is -3.19. The molecular weight excluding hydrogens is 148 g/mol.